The van der Waals surface area contributed by atoms with E-state index in [1.54, 1.807) is 42.7 Å². The van der Waals surface area contributed by atoms with Crippen LogP contribution in [0.3, 0.4) is 0 Å². The molecule has 26 heavy (non-hydrogen) atoms. The molecule has 0 atom stereocenters. The molecule has 2 heterocycles. The van der Waals surface area contributed by atoms with E-state index in [4.69, 9.17) is 20.6 Å². The Morgan fingerprint density at radius 1 is 1.23 bits per heavy atom. The third-order valence-corrected chi connectivity index (χ3v) is 3.72. The van der Waals surface area contributed by atoms with Crippen LogP contribution < -0.4 is 20.5 Å². The number of hydrogen-bond donors (Lipinski definition) is 3. The molecule has 2 aromatic rings. The summed E-state index contributed by atoms with van der Waals surface area (Å²) in [7, 11) is 0. The Bertz CT molecular complexity index is 890. The second-order valence-electron chi connectivity index (χ2n) is 5.41. The molecule has 0 saturated carbocycles. The van der Waals surface area contributed by atoms with Gasteiger partial charge in [0, 0.05) is 53.8 Å². The highest BCUT2D eigenvalue weighted by Crippen LogP contribution is 2.32. The van der Waals surface area contributed by atoms with Crippen LogP contribution in [0.25, 0.3) is 11.6 Å². The number of amides is 1. The van der Waals surface area contributed by atoms with E-state index in [0.29, 0.717) is 41.5 Å². The number of aromatic nitrogens is 1. The fourth-order valence-corrected chi connectivity index (χ4v) is 2.49. The lowest BCUT2D eigenvalue weighted by Gasteiger charge is -2.18. The first-order valence-electron chi connectivity index (χ1n) is 7.96. The third-order valence-electron chi connectivity index (χ3n) is 3.72. The van der Waals surface area contributed by atoms with Gasteiger partial charge in [-0.25, -0.2) is 0 Å². The summed E-state index contributed by atoms with van der Waals surface area (Å²) >= 11 is 0. The van der Waals surface area contributed by atoms with Crippen LogP contribution in [0.2, 0.25) is 0 Å². The summed E-state index contributed by atoms with van der Waals surface area (Å²) in [6.07, 6.45) is 8.74. The predicted octanol–water partition coefficient (Wildman–Crippen LogP) is 2.45. The molecule has 0 spiro atoms. The smallest absolute Gasteiger partial charge is 0.248 e. The first kappa shape index (κ1) is 17.2. The lowest BCUT2D eigenvalue weighted by molar-refractivity contribution is -0.111. The molecule has 4 N–H and O–H groups in total. The molecular formula is C19H18N4O3. The summed E-state index contributed by atoms with van der Waals surface area (Å²) in [6, 6.07) is 6.97. The number of nitrogens with one attached hydrogen (secondary N) is 2. The van der Waals surface area contributed by atoms with E-state index in [2.05, 4.69) is 10.3 Å². The molecule has 0 bridgehead atoms. The lowest BCUT2D eigenvalue weighted by atomic mass is 10.0. The summed E-state index contributed by atoms with van der Waals surface area (Å²) in [4.78, 5) is 16.2. The number of carbonyl (C=O) groups excluding carboxylic acids is 1. The van der Waals surface area contributed by atoms with E-state index in [-0.39, 0.29) is 5.91 Å². The number of hydrogen-bond acceptors (Lipinski definition) is 6. The number of allylic oxidation sites excluding steroid dienone is 1. The van der Waals surface area contributed by atoms with Gasteiger partial charge in [-0.05, 0) is 29.8 Å². The second kappa shape index (κ2) is 7.98. The molecule has 0 saturated heterocycles. The number of nitrogens with zero attached hydrogens (tertiary/aromatic N) is 1. The fraction of sp³-hybridized carbons (Fsp3) is 0.105. The minimum absolute atomic E-state index is 0.301. The fourth-order valence-electron chi connectivity index (χ4n) is 2.49. The van der Waals surface area contributed by atoms with Crippen molar-refractivity contribution in [2.75, 3.05) is 18.5 Å². The van der Waals surface area contributed by atoms with Gasteiger partial charge in [0.2, 0.25) is 5.91 Å². The van der Waals surface area contributed by atoms with E-state index in [9.17, 15) is 4.79 Å². The van der Waals surface area contributed by atoms with Gasteiger partial charge in [-0.2, -0.15) is 0 Å². The van der Waals surface area contributed by atoms with Gasteiger partial charge < -0.3 is 25.9 Å². The maximum atomic E-state index is 12.2. The molecule has 3 rings (SSSR count). The van der Waals surface area contributed by atoms with Crippen molar-refractivity contribution in [3.8, 4) is 11.5 Å². The maximum Gasteiger partial charge on any atom is 0.248 e. The van der Waals surface area contributed by atoms with Crippen molar-refractivity contribution in [3.05, 3.63) is 60.1 Å². The summed E-state index contributed by atoms with van der Waals surface area (Å²) in [5.74, 6) is 0.971. The zero-order valence-corrected chi connectivity index (χ0v) is 13.9. The highest BCUT2D eigenvalue weighted by molar-refractivity contribution is 6.10. The van der Waals surface area contributed by atoms with Crippen LogP contribution in [0.1, 0.15) is 11.1 Å². The van der Waals surface area contributed by atoms with Crippen molar-refractivity contribution in [3.63, 3.8) is 0 Å². The standard InChI is InChI=1S/C19H18N4O3/c20-10-14(11-21)16-5-6-22-12-13(16)1-4-19(24)23-15-2-3-17-18(9-15)26-8-7-25-17/h1-6,9-12,20H,7-8,21H2,(H,23,24)/b4-1+,14-11+,20-10?. The lowest BCUT2D eigenvalue weighted by Crippen LogP contribution is -2.16. The van der Waals surface area contributed by atoms with Crippen LogP contribution in [-0.2, 0) is 4.79 Å². The van der Waals surface area contributed by atoms with E-state index < -0.39 is 0 Å². The Morgan fingerprint density at radius 3 is 2.81 bits per heavy atom. The Kier molecular flexibility index (Phi) is 5.28. The van der Waals surface area contributed by atoms with Crippen LogP contribution in [0.15, 0.2) is 48.9 Å². The van der Waals surface area contributed by atoms with Gasteiger partial charge >= 0.3 is 0 Å². The molecule has 7 heteroatoms. The van der Waals surface area contributed by atoms with Crippen molar-refractivity contribution in [2.45, 2.75) is 0 Å². The number of ether oxygens (including phenoxy) is 2. The van der Waals surface area contributed by atoms with Crippen LogP contribution in [0.5, 0.6) is 11.5 Å². The molecular weight excluding hydrogens is 332 g/mol. The van der Waals surface area contributed by atoms with Gasteiger partial charge in [0.05, 0.1) is 0 Å². The number of rotatable bonds is 5. The van der Waals surface area contributed by atoms with E-state index in [1.807, 2.05) is 0 Å². The quantitative estimate of drug-likeness (QED) is 0.567. The second-order valence-corrected chi connectivity index (χ2v) is 5.41. The molecule has 0 unspecified atom stereocenters. The van der Waals surface area contributed by atoms with Crippen molar-refractivity contribution in [1.29, 1.82) is 5.41 Å². The SMILES string of the molecule is N=C/C(=C\N)c1ccncc1/C=C/C(=O)Nc1ccc2c(c1)OCCO2. The normalized spacial score (nSPS) is 13.5. The van der Waals surface area contributed by atoms with Gasteiger partial charge in [0.25, 0.3) is 0 Å². The number of pyridine rings is 1. The molecule has 0 fully saturated rings. The molecule has 132 valence electrons. The van der Waals surface area contributed by atoms with Crippen molar-refractivity contribution in [2.24, 2.45) is 5.73 Å². The van der Waals surface area contributed by atoms with Gasteiger partial charge in [0.15, 0.2) is 11.5 Å². The summed E-state index contributed by atoms with van der Waals surface area (Å²) < 4.78 is 11.0. The summed E-state index contributed by atoms with van der Waals surface area (Å²) in [5, 5.41) is 10.2. The topological polar surface area (TPSA) is 110 Å². The molecule has 0 aliphatic carbocycles. The molecule has 1 aliphatic rings. The number of nitrogens with two attached hydrogens (primary N) is 1. The maximum absolute atomic E-state index is 12.2. The largest absolute Gasteiger partial charge is 0.486 e. The monoisotopic (exact) mass is 350 g/mol. The van der Waals surface area contributed by atoms with Gasteiger partial charge in [-0.15, -0.1) is 0 Å². The van der Waals surface area contributed by atoms with Crippen molar-refractivity contribution >= 4 is 29.5 Å². The zero-order chi connectivity index (χ0) is 18.4. The predicted molar refractivity (Wildman–Crippen MR) is 100 cm³/mol. The Labute approximate surface area is 150 Å². The minimum Gasteiger partial charge on any atom is -0.486 e. The first-order chi connectivity index (χ1) is 12.7. The number of benzene rings is 1. The van der Waals surface area contributed by atoms with Gasteiger partial charge in [-0.3, -0.25) is 9.78 Å². The molecule has 7 nitrogen and oxygen atoms in total. The number of carbonyl (C=O) groups is 1. The zero-order valence-electron chi connectivity index (χ0n) is 13.9. The summed E-state index contributed by atoms with van der Waals surface area (Å²) in [5.41, 5.74) is 8.10. The molecule has 1 aromatic carbocycles. The van der Waals surface area contributed by atoms with E-state index in [0.717, 1.165) is 11.8 Å². The van der Waals surface area contributed by atoms with Crippen molar-refractivity contribution < 1.29 is 14.3 Å². The average Bonchev–Trinajstić information content (AvgIpc) is 2.68. The minimum atomic E-state index is -0.301. The Hall–Kier alpha value is -3.61. The molecule has 1 aliphatic heterocycles. The number of fused-ring (bicyclic) bond motifs is 1. The van der Waals surface area contributed by atoms with Gasteiger partial charge in [0.1, 0.15) is 13.2 Å². The van der Waals surface area contributed by atoms with Gasteiger partial charge in [-0.1, -0.05) is 0 Å². The van der Waals surface area contributed by atoms with Crippen LogP contribution >= 0.6 is 0 Å². The highest BCUT2D eigenvalue weighted by Gasteiger charge is 2.12. The molecule has 1 amide bonds. The summed E-state index contributed by atoms with van der Waals surface area (Å²) in [6.45, 7) is 1.00. The first-order valence-corrected chi connectivity index (χ1v) is 7.96. The average molecular weight is 350 g/mol. The van der Waals surface area contributed by atoms with Crippen LogP contribution in [0, 0.1) is 5.41 Å². The Morgan fingerprint density at radius 2 is 2.04 bits per heavy atom. The number of anilines is 1. The molecule has 1 aromatic heterocycles. The van der Waals surface area contributed by atoms with Crippen LogP contribution in [0.4, 0.5) is 5.69 Å². The Balaban J connectivity index is 1.74. The van der Waals surface area contributed by atoms with Crippen molar-refractivity contribution in [1.82, 2.24) is 4.98 Å². The van der Waals surface area contributed by atoms with E-state index >= 15 is 0 Å². The molecule has 0 radical (unpaired) electrons. The third kappa shape index (κ3) is 3.89. The van der Waals surface area contributed by atoms with Crippen LogP contribution in [-0.4, -0.2) is 30.3 Å². The van der Waals surface area contributed by atoms with E-state index in [1.165, 1.54) is 12.3 Å². The highest BCUT2D eigenvalue weighted by atomic mass is 16.6.